The van der Waals surface area contributed by atoms with Gasteiger partial charge in [-0.2, -0.15) is 4.31 Å². The molecule has 2 aromatic carbocycles. The third-order valence-corrected chi connectivity index (χ3v) is 9.83. The van der Waals surface area contributed by atoms with Crippen LogP contribution < -0.4 is 10.1 Å². The average Bonchev–Trinajstić information content (AvgIpc) is 3.40. The number of ether oxygens (including phenoxy) is 1. The number of nitrogens with zero attached hydrogens (tertiary/aromatic N) is 3. The smallest absolute Gasteiger partial charge is 0.273 e. The highest BCUT2D eigenvalue weighted by Crippen LogP contribution is 2.35. The van der Waals surface area contributed by atoms with Crippen LogP contribution in [0.15, 0.2) is 52.0 Å². The second kappa shape index (κ2) is 12.1. The Bertz CT molecular complexity index is 1440. The summed E-state index contributed by atoms with van der Waals surface area (Å²) in [4.78, 5) is 19.9. The summed E-state index contributed by atoms with van der Waals surface area (Å²) < 4.78 is 39.8. The van der Waals surface area contributed by atoms with Crippen LogP contribution >= 0.6 is 0 Å². The first-order chi connectivity index (χ1) is 19.2. The second-order valence-corrected chi connectivity index (χ2v) is 12.6. The molecule has 1 aromatic heterocycles. The lowest BCUT2D eigenvalue weighted by Crippen LogP contribution is -2.35. The molecule has 3 aromatic rings. The van der Waals surface area contributed by atoms with Gasteiger partial charge in [-0.05, 0) is 87.0 Å². The van der Waals surface area contributed by atoms with Crippen LogP contribution in [-0.4, -0.2) is 61.3 Å². The van der Waals surface area contributed by atoms with Crippen LogP contribution in [0.1, 0.15) is 64.3 Å². The van der Waals surface area contributed by atoms with Gasteiger partial charge in [0.05, 0.1) is 12.0 Å². The SMILES string of the molecule is COc1cc(C)c(S(=O)(=O)N(CCc2nc(C(=O)NCc3cccc(CN4CCCC4)c3)co2)C2CC2)c(C)c1. The second-order valence-electron chi connectivity index (χ2n) is 10.8. The van der Waals surface area contributed by atoms with E-state index in [0.717, 1.165) is 38.0 Å². The van der Waals surface area contributed by atoms with Crippen LogP contribution in [0.2, 0.25) is 0 Å². The molecule has 40 heavy (non-hydrogen) atoms. The normalized spacial score (nSPS) is 16.0. The van der Waals surface area contributed by atoms with E-state index in [1.54, 1.807) is 37.4 Å². The van der Waals surface area contributed by atoms with Crippen molar-refractivity contribution in [3.05, 3.63) is 76.5 Å². The Morgan fingerprint density at radius 1 is 1.12 bits per heavy atom. The van der Waals surface area contributed by atoms with Crippen molar-refractivity contribution in [2.24, 2.45) is 0 Å². The fourth-order valence-electron chi connectivity index (χ4n) is 5.46. The zero-order chi connectivity index (χ0) is 28.3. The number of rotatable bonds is 12. The maximum atomic E-state index is 13.7. The molecular weight excluding hydrogens is 528 g/mol. The molecule has 2 fully saturated rings. The Kier molecular flexibility index (Phi) is 8.58. The van der Waals surface area contributed by atoms with Crippen molar-refractivity contribution in [3.63, 3.8) is 0 Å². The number of methoxy groups -OCH3 is 1. The van der Waals surface area contributed by atoms with Crippen LogP contribution in [0.3, 0.4) is 0 Å². The van der Waals surface area contributed by atoms with Gasteiger partial charge < -0.3 is 14.5 Å². The Morgan fingerprint density at radius 2 is 1.82 bits per heavy atom. The third kappa shape index (κ3) is 6.56. The summed E-state index contributed by atoms with van der Waals surface area (Å²) in [5.74, 6) is 0.644. The number of benzene rings is 2. The van der Waals surface area contributed by atoms with Gasteiger partial charge >= 0.3 is 0 Å². The van der Waals surface area contributed by atoms with Crippen molar-refractivity contribution in [3.8, 4) is 5.75 Å². The number of likely N-dealkylation sites (tertiary alicyclic amines) is 1. The fraction of sp³-hybridized carbons (Fsp3) is 0.467. The zero-order valence-corrected chi connectivity index (χ0v) is 24.3. The minimum Gasteiger partial charge on any atom is -0.497 e. The molecule has 214 valence electrons. The van der Waals surface area contributed by atoms with E-state index >= 15 is 0 Å². The fourth-order valence-corrected chi connectivity index (χ4v) is 7.56. The number of hydrogen-bond acceptors (Lipinski definition) is 7. The average molecular weight is 567 g/mol. The molecule has 1 amide bonds. The number of hydrogen-bond donors (Lipinski definition) is 1. The molecule has 2 heterocycles. The molecule has 9 nitrogen and oxygen atoms in total. The number of nitrogens with one attached hydrogen (secondary N) is 1. The standard InChI is InChI=1S/C30H38N4O5S/c1-21-15-26(38-3)16-22(2)29(21)40(36,37)34(25-9-10-25)14-11-28-32-27(20-39-28)30(35)31-18-23-7-6-8-24(17-23)19-33-12-4-5-13-33/h6-8,15-17,20,25H,4-5,9-14,18-19H2,1-3H3,(H,31,35). The molecule has 1 saturated carbocycles. The molecule has 10 heteroatoms. The molecule has 0 radical (unpaired) electrons. The first kappa shape index (κ1) is 28.3. The van der Waals surface area contributed by atoms with Gasteiger partial charge in [-0.15, -0.1) is 0 Å². The Labute approximate surface area is 236 Å². The third-order valence-electron chi connectivity index (χ3n) is 7.57. The zero-order valence-electron chi connectivity index (χ0n) is 23.5. The highest BCUT2D eigenvalue weighted by atomic mass is 32.2. The molecule has 5 rings (SSSR count). The summed E-state index contributed by atoms with van der Waals surface area (Å²) in [5.41, 5.74) is 3.76. The molecule has 0 spiro atoms. The van der Waals surface area contributed by atoms with Gasteiger partial charge in [0.25, 0.3) is 5.91 Å². The van der Waals surface area contributed by atoms with Gasteiger partial charge in [-0.25, -0.2) is 13.4 Å². The number of amides is 1. The van der Waals surface area contributed by atoms with Crippen molar-refractivity contribution in [1.29, 1.82) is 0 Å². The first-order valence-electron chi connectivity index (χ1n) is 13.9. The van der Waals surface area contributed by atoms with Gasteiger partial charge in [0, 0.05) is 32.1 Å². The lowest BCUT2D eigenvalue weighted by atomic mass is 10.1. The summed E-state index contributed by atoms with van der Waals surface area (Å²) in [6.45, 7) is 7.40. The van der Waals surface area contributed by atoms with E-state index in [0.29, 0.717) is 34.2 Å². The predicted molar refractivity (Wildman–Crippen MR) is 152 cm³/mol. The van der Waals surface area contributed by atoms with E-state index in [1.165, 1.54) is 24.7 Å². The van der Waals surface area contributed by atoms with Crippen molar-refractivity contribution in [2.75, 3.05) is 26.7 Å². The monoisotopic (exact) mass is 566 g/mol. The van der Waals surface area contributed by atoms with Crippen LogP contribution in [0.4, 0.5) is 0 Å². The number of aromatic nitrogens is 1. The Hall–Kier alpha value is -3.21. The maximum Gasteiger partial charge on any atom is 0.273 e. The van der Waals surface area contributed by atoms with E-state index < -0.39 is 10.0 Å². The molecular formula is C30H38N4O5S. The highest BCUT2D eigenvalue weighted by molar-refractivity contribution is 7.89. The number of carbonyl (C=O) groups excluding carboxylic acids is 1. The highest BCUT2D eigenvalue weighted by Gasteiger charge is 2.39. The lowest BCUT2D eigenvalue weighted by molar-refractivity contribution is 0.0945. The van der Waals surface area contributed by atoms with Crippen LogP contribution in [0.5, 0.6) is 5.75 Å². The van der Waals surface area contributed by atoms with Crippen LogP contribution in [-0.2, 0) is 29.5 Å². The quantitative estimate of drug-likeness (QED) is 0.350. The minimum absolute atomic E-state index is 0.0372. The lowest BCUT2D eigenvalue weighted by Gasteiger charge is -2.24. The van der Waals surface area contributed by atoms with Gasteiger partial charge in [0.2, 0.25) is 10.0 Å². The molecule has 2 aliphatic rings. The molecule has 1 aliphatic carbocycles. The molecule has 0 atom stereocenters. The molecule has 0 unspecified atom stereocenters. The van der Waals surface area contributed by atoms with Crippen molar-refractivity contribution >= 4 is 15.9 Å². The summed E-state index contributed by atoms with van der Waals surface area (Å²) in [7, 11) is -2.16. The van der Waals surface area contributed by atoms with Gasteiger partial charge in [-0.1, -0.05) is 24.3 Å². The molecule has 0 bridgehead atoms. The molecule has 1 saturated heterocycles. The number of oxazole rings is 1. The number of sulfonamides is 1. The maximum absolute atomic E-state index is 13.7. The van der Waals surface area contributed by atoms with Crippen molar-refractivity contribution in [2.45, 2.75) is 70.0 Å². The largest absolute Gasteiger partial charge is 0.497 e. The summed E-state index contributed by atoms with van der Waals surface area (Å²) in [6.07, 6.45) is 5.77. The van der Waals surface area contributed by atoms with Crippen LogP contribution in [0, 0.1) is 13.8 Å². The first-order valence-corrected chi connectivity index (χ1v) is 15.4. The van der Waals surface area contributed by atoms with Crippen LogP contribution in [0.25, 0.3) is 0 Å². The summed E-state index contributed by atoms with van der Waals surface area (Å²) in [6, 6.07) is 11.7. The Balaban J connectivity index is 1.19. The predicted octanol–water partition coefficient (Wildman–Crippen LogP) is 4.22. The van der Waals surface area contributed by atoms with E-state index in [9.17, 15) is 13.2 Å². The Morgan fingerprint density at radius 3 is 2.50 bits per heavy atom. The van der Waals surface area contributed by atoms with Gasteiger partial charge in [0.15, 0.2) is 11.6 Å². The van der Waals surface area contributed by atoms with E-state index in [1.807, 2.05) is 12.1 Å². The number of aryl methyl sites for hydroxylation is 2. The van der Waals surface area contributed by atoms with E-state index in [2.05, 4.69) is 27.3 Å². The molecule has 1 N–H and O–H groups in total. The van der Waals surface area contributed by atoms with E-state index in [-0.39, 0.29) is 30.6 Å². The number of carbonyl (C=O) groups is 1. The van der Waals surface area contributed by atoms with Gasteiger partial charge in [0.1, 0.15) is 12.0 Å². The van der Waals surface area contributed by atoms with Crippen molar-refractivity contribution in [1.82, 2.24) is 19.5 Å². The van der Waals surface area contributed by atoms with Crippen molar-refractivity contribution < 1.29 is 22.4 Å². The summed E-state index contributed by atoms with van der Waals surface area (Å²) >= 11 is 0. The topological polar surface area (TPSA) is 105 Å². The van der Waals surface area contributed by atoms with Gasteiger partial charge in [-0.3, -0.25) is 9.69 Å². The minimum atomic E-state index is -3.73. The molecule has 1 aliphatic heterocycles. The summed E-state index contributed by atoms with van der Waals surface area (Å²) in [5, 5.41) is 2.92. The van der Waals surface area contributed by atoms with E-state index in [4.69, 9.17) is 9.15 Å².